The molecule has 108 valence electrons. The number of aryl methyl sites for hydroxylation is 1. The van der Waals surface area contributed by atoms with Crippen LogP contribution in [0.2, 0.25) is 0 Å². The van der Waals surface area contributed by atoms with Crippen molar-refractivity contribution in [2.75, 3.05) is 13.1 Å². The molecule has 0 spiro atoms. The third kappa shape index (κ3) is 4.37. The summed E-state index contributed by atoms with van der Waals surface area (Å²) < 4.78 is 0. The molecule has 2 rings (SSSR count). The average Bonchev–Trinajstić information content (AvgIpc) is 2.86. The lowest BCUT2D eigenvalue weighted by Crippen LogP contribution is -2.23. The number of nitrogens with zero attached hydrogens (tertiary/aromatic N) is 3. The summed E-state index contributed by atoms with van der Waals surface area (Å²) in [6.07, 6.45) is 0.871. The molecule has 5 heteroatoms. The van der Waals surface area contributed by atoms with Crippen molar-refractivity contribution in [1.82, 2.24) is 14.9 Å². The largest absolute Gasteiger partial charge is 0.330 e. The van der Waals surface area contributed by atoms with Crippen LogP contribution in [0.4, 0.5) is 0 Å². The summed E-state index contributed by atoms with van der Waals surface area (Å²) in [5, 5.41) is 3.27. The van der Waals surface area contributed by atoms with E-state index in [9.17, 15) is 0 Å². The highest BCUT2D eigenvalue weighted by Crippen LogP contribution is 2.13. The zero-order chi connectivity index (χ0) is 14.4. The quantitative estimate of drug-likeness (QED) is 0.850. The highest BCUT2D eigenvalue weighted by Gasteiger charge is 2.09. The van der Waals surface area contributed by atoms with Crippen molar-refractivity contribution in [3.8, 4) is 0 Å². The van der Waals surface area contributed by atoms with Crippen molar-refractivity contribution in [2.45, 2.75) is 33.4 Å². The predicted octanol–water partition coefficient (Wildman–Crippen LogP) is 2.37. The van der Waals surface area contributed by atoms with Gasteiger partial charge < -0.3 is 5.73 Å². The number of thiazole rings is 1. The van der Waals surface area contributed by atoms with Crippen molar-refractivity contribution in [3.63, 3.8) is 0 Å². The van der Waals surface area contributed by atoms with Gasteiger partial charge in [0, 0.05) is 30.6 Å². The Bertz CT molecular complexity index is 538. The monoisotopic (exact) mass is 290 g/mol. The molecular formula is C15H22N4S. The Morgan fingerprint density at radius 2 is 2.00 bits per heavy atom. The molecule has 0 fully saturated rings. The lowest BCUT2D eigenvalue weighted by molar-refractivity contribution is 0.265. The summed E-state index contributed by atoms with van der Waals surface area (Å²) in [7, 11) is 0. The van der Waals surface area contributed by atoms with E-state index in [1.54, 1.807) is 11.3 Å². The summed E-state index contributed by atoms with van der Waals surface area (Å²) in [5.41, 5.74) is 8.88. The van der Waals surface area contributed by atoms with Gasteiger partial charge in [0.2, 0.25) is 0 Å². The predicted molar refractivity (Wildman–Crippen MR) is 83.6 cm³/mol. The van der Waals surface area contributed by atoms with Crippen molar-refractivity contribution in [1.29, 1.82) is 0 Å². The van der Waals surface area contributed by atoms with E-state index < -0.39 is 0 Å². The third-order valence-corrected chi connectivity index (χ3v) is 4.08. The normalized spacial score (nSPS) is 11.2. The van der Waals surface area contributed by atoms with Gasteiger partial charge in [-0.2, -0.15) is 0 Å². The second-order valence-corrected chi connectivity index (χ2v) is 5.79. The van der Waals surface area contributed by atoms with Gasteiger partial charge >= 0.3 is 0 Å². The molecule has 0 saturated heterocycles. The van der Waals surface area contributed by atoms with E-state index in [4.69, 9.17) is 5.73 Å². The SMILES string of the molecule is CCN(Cc1cccc(C)n1)Cc1csc(CCN)n1. The summed E-state index contributed by atoms with van der Waals surface area (Å²) in [5.74, 6) is 0. The molecule has 2 aromatic rings. The zero-order valence-corrected chi connectivity index (χ0v) is 13.0. The summed E-state index contributed by atoms with van der Waals surface area (Å²) in [6.45, 7) is 7.58. The van der Waals surface area contributed by atoms with Gasteiger partial charge in [-0.3, -0.25) is 9.88 Å². The van der Waals surface area contributed by atoms with Crippen molar-refractivity contribution < 1.29 is 0 Å². The smallest absolute Gasteiger partial charge is 0.0941 e. The number of hydrogen-bond donors (Lipinski definition) is 1. The van der Waals surface area contributed by atoms with Crippen LogP contribution in [0.5, 0.6) is 0 Å². The van der Waals surface area contributed by atoms with E-state index in [0.29, 0.717) is 6.54 Å². The molecule has 0 aliphatic carbocycles. The average molecular weight is 290 g/mol. The van der Waals surface area contributed by atoms with E-state index >= 15 is 0 Å². The number of hydrogen-bond acceptors (Lipinski definition) is 5. The first-order chi connectivity index (χ1) is 9.71. The second-order valence-electron chi connectivity index (χ2n) is 4.84. The van der Waals surface area contributed by atoms with Crippen LogP contribution in [0.3, 0.4) is 0 Å². The lowest BCUT2D eigenvalue weighted by Gasteiger charge is -2.18. The number of nitrogens with two attached hydrogens (primary N) is 1. The van der Waals surface area contributed by atoms with Gasteiger partial charge in [-0.15, -0.1) is 11.3 Å². The van der Waals surface area contributed by atoms with Crippen LogP contribution >= 0.6 is 11.3 Å². The maximum Gasteiger partial charge on any atom is 0.0941 e. The maximum atomic E-state index is 5.56. The minimum atomic E-state index is 0.664. The minimum absolute atomic E-state index is 0.664. The van der Waals surface area contributed by atoms with Gasteiger partial charge in [0.05, 0.1) is 16.4 Å². The Morgan fingerprint density at radius 1 is 1.20 bits per heavy atom. The van der Waals surface area contributed by atoms with Crippen LogP contribution in [0.15, 0.2) is 23.6 Å². The molecule has 20 heavy (non-hydrogen) atoms. The fraction of sp³-hybridized carbons (Fsp3) is 0.467. The fourth-order valence-corrected chi connectivity index (χ4v) is 2.89. The van der Waals surface area contributed by atoms with Gasteiger partial charge in [-0.05, 0) is 32.1 Å². The van der Waals surface area contributed by atoms with Crippen LogP contribution in [0.1, 0.15) is 29.0 Å². The number of pyridine rings is 1. The number of rotatable bonds is 7. The molecule has 2 heterocycles. The first kappa shape index (κ1) is 15.1. The van der Waals surface area contributed by atoms with Gasteiger partial charge in [-0.1, -0.05) is 13.0 Å². The van der Waals surface area contributed by atoms with E-state index in [1.807, 2.05) is 13.0 Å². The molecule has 2 N–H and O–H groups in total. The molecule has 0 unspecified atom stereocenters. The first-order valence-corrected chi connectivity index (χ1v) is 7.87. The van der Waals surface area contributed by atoms with Crippen molar-refractivity contribution in [3.05, 3.63) is 45.7 Å². The van der Waals surface area contributed by atoms with Crippen LogP contribution in [0.25, 0.3) is 0 Å². The van der Waals surface area contributed by atoms with Gasteiger partial charge in [0.1, 0.15) is 0 Å². The lowest BCUT2D eigenvalue weighted by atomic mass is 10.3. The molecule has 4 nitrogen and oxygen atoms in total. The topological polar surface area (TPSA) is 55.0 Å². The Labute approximate surface area is 124 Å². The first-order valence-electron chi connectivity index (χ1n) is 6.99. The van der Waals surface area contributed by atoms with Gasteiger partial charge in [0.15, 0.2) is 0 Å². The highest BCUT2D eigenvalue weighted by atomic mass is 32.1. The van der Waals surface area contributed by atoms with Gasteiger partial charge in [0.25, 0.3) is 0 Å². The van der Waals surface area contributed by atoms with E-state index in [0.717, 1.165) is 48.1 Å². The van der Waals surface area contributed by atoms with Crippen molar-refractivity contribution >= 4 is 11.3 Å². The molecule has 0 saturated carbocycles. The molecule has 0 atom stereocenters. The van der Waals surface area contributed by atoms with Crippen LogP contribution in [-0.2, 0) is 19.5 Å². The molecule has 0 amide bonds. The van der Waals surface area contributed by atoms with Crippen LogP contribution in [-0.4, -0.2) is 28.0 Å². The molecular weight excluding hydrogens is 268 g/mol. The summed E-state index contributed by atoms with van der Waals surface area (Å²) in [6, 6.07) is 6.17. The highest BCUT2D eigenvalue weighted by molar-refractivity contribution is 7.09. The Morgan fingerprint density at radius 3 is 2.70 bits per heavy atom. The Balaban J connectivity index is 1.97. The van der Waals surface area contributed by atoms with Crippen LogP contribution < -0.4 is 5.73 Å². The Hall–Kier alpha value is -1.30. The standard InChI is InChI=1S/C15H22N4S/c1-3-19(9-13-6-4-5-12(2)17-13)10-14-11-20-15(18-14)7-8-16/h4-6,11H,3,7-10,16H2,1-2H3. The van der Waals surface area contributed by atoms with E-state index in [-0.39, 0.29) is 0 Å². The second kappa shape index (κ2) is 7.47. The molecule has 0 aromatic carbocycles. The molecule has 0 bridgehead atoms. The van der Waals surface area contributed by atoms with Crippen molar-refractivity contribution in [2.24, 2.45) is 5.73 Å². The third-order valence-electron chi connectivity index (χ3n) is 3.12. The molecule has 0 aliphatic heterocycles. The molecule has 2 aromatic heterocycles. The molecule has 0 radical (unpaired) electrons. The number of aromatic nitrogens is 2. The molecule has 0 aliphatic rings. The fourth-order valence-electron chi connectivity index (χ4n) is 2.09. The Kier molecular flexibility index (Phi) is 5.64. The van der Waals surface area contributed by atoms with E-state index in [1.165, 1.54) is 0 Å². The minimum Gasteiger partial charge on any atom is -0.330 e. The maximum absolute atomic E-state index is 5.56. The zero-order valence-electron chi connectivity index (χ0n) is 12.2. The van der Waals surface area contributed by atoms with Gasteiger partial charge in [-0.25, -0.2) is 4.98 Å². The summed E-state index contributed by atoms with van der Waals surface area (Å²) in [4.78, 5) is 11.5. The van der Waals surface area contributed by atoms with Crippen LogP contribution in [0, 0.1) is 6.92 Å². The van der Waals surface area contributed by atoms with E-state index in [2.05, 4.69) is 39.3 Å². The summed E-state index contributed by atoms with van der Waals surface area (Å²) >= 11 is 1.70.